The molecule has 0 atom stereocenters. The van der Waals surface area contributed by atoms with Gasteiger partial charge in [-0.25, -0.2) is 4.39 Å². The van der Waals surface area contributed by atoms with Crippen LogP contribution in [-0.4, -0.2) is 58.5 Å². The molecule has 1 aromatic heterocycles. The fraction of sp³-hybridized carbons (Fsp3) is 0.250. The SMILES string of the molecule is COCCN(CC(=O)O)C(=O)c1ccc(=O)n(-c2ccc(F)cc2)n1. The van der Waals surface area contributed by atoms with E-state index in [4.69, 9.17) is 9.84 Å². The van der Waals surface area contributed by atoms with Crippen LogP contribution in [0.5, 0.6) is 0 Å². The Bertz CT molecular complexity index is 819. The summed E-state index contributed by atoms with van der Waals surface area (Å²) in [6.45, 7) is -0.324. The van der Waals surface area contributed by atoms with E-state index in [0.29, 0.717) is 0 Å². The number of benzene rings is 1. The van der Waals surface area contributed by atoms with Crippen molar-refractivity contribution < 1.29 is 23.8 Å². The summed E-state index contributed by atoms with van der Waals surface area (Å²) in [5.41, 5.74) is -0.339. The van der Waals surface area contributed by atoms with Crippen molar-refractivity contribution in [3.8, 4) is 5.69 Å². The van der Waals surface area contributed by atoms with Gasteiger partial charge in [0.25, 0.3) is 11.5 Å². The number of methoxy groups -OCH3 is 1. The lowest BCUT2D eigenvalue weighted by atomic mass is 10.3. The van der Waals surface area contributed by atoms with Gasteiger partial charge in [0.1, 0.15) is 18.1 Å². The van der Waals surface area contributed by atoms with Gasteiger partial charge in [0, 0.05) is 19.7 Å². The number of nitrogens with zero attached hydrogens (tertiary/aromatic N) is 3. The zero-order chi connectivity index (χ0) is 18.4. The Morgan fingerprint density at radius 1 is 1.24 bits per heavy atom. The molecule has 132 valence electrons. The Balaban J connectivity index is 2.36. The van der Waals surface area contributed by atoms with Gasteiger partial charge in [0.05, 0.1) is 12.3 Å². The molecule has 1 heterocycles. The lowest BCUT2D eigenvalue weighted by Gasteiger charge is -2.20. The minimum Gasteiger partial charge on any atom is -0.480 e. The first kappa shape index (κ1) is 18.3. The summed E-state index contributed by atoms with van der Waals surface area (Å²) in [6.07, 6.45) is 0. The predicted octanol–water partition coefficient (Wildman–Crippen LogP) is 0.545. The van der Waals surface area contributed by atoms with Gasteiger partial charge in [-0.1, -0.05) is 0 Å². The number of ether oxygens (including phenoxy) is 1. The van der Waals surface area contributed by atoms with E-state index in [2.05, 4.69) is 5.10 Å². The molecule has 1 N–H and O–H groups in total. The van der Waals surface area contributed by atoms with E-state index in [-0.39, 0.29) is 24.5 Å². The molecule has 9 heteroatoms. The van der Waals surface area contributed by atoms with Crippen molar-refractivity contribution in [3.05, 3.63) is 58.3 Å². The Kier molecular flexibility index (Phi) is 5.96. The molecular formula is C16H16FN3O5. The fourth-order valence-corrected chi connectivity index (χ4v) is 2.07. The first-order valence-corrected chi connectivity index (χ1v) is 7.28. The topological polar surface area (TPSA) is 102 Å². The molecular weight excluding hydrogens is 333 g/mol. The lowest BCUT2D eigenvalue weighted by Crippen LogP contribution is -2.39. The molecule has 0 aliphatic heterocycles. The number of carbonyl (C=O) groups excluding carboxylic acids is 1. The number of hydrogen-bond acceptors (Lipinski definition) is 5. The van der Waals surface area contributed by atoms with Gasteiger partial charge < -0.3 is 14.7 Å². The third kappa shape index (κ3) is 4.70. The van der Waals surface area contributed by atoms with Crippen LogP contribution < -0.4 is 5.56 Å². The van der Waals surface area contributed by atoms with E-state index < -0.39 is 29.8 Å². The molecule has 2 rings (SSSR count). The molecule has 25 heavy (non-hydrogen) atoms. The van der Waals surface area contributed by atoms with Crippen LogP contribution in [0, 0.1) is 5.82 Å². The maximum Gasteiger partial charge on any atom is 0.323 e. The Morgan fingerprint density at radius 3 is 2.52 bits per heavy atom. The van der Waals surface area contributed by atoms with Crippen molar-refractivity contribution in [2.24, 2.45) is 0 Å². The molecule has 0 unspecified atom stereocenters. The van der Waals surface area contributed by atoms with E-state index in [1.165, 1.54) is 25.3 Å². The molecule has 0 aliphatic carbocycles. The number of carboxylic acids is 1. The van der Waals surface area contributed by atoms with Crippen LogP contribution in [-0.2, 0) is 9.53 Å². The Labute approximate surface area is 142 Å². The largest absolute Gasteiger partial charge is 0.480 e. The van der Waals surface area contributed by atoms with E-state index in [1.54, 1.807) is 0 Å². The van der Waals surface area contributed by atoms with Crippen LogP contribution in [0.4, 0.5) is 4.39 Å². The van der Waals surface area contributed by atoms with Crippen LogP contribution in [0.2, 0.25) is 0 Å². The maximum atomic E-state index is 13.0. The monoisotopic (exact) mass is 349 g/mol. The van der Waals surface area contributed by atoms with E-state index in [0.717, 1.165) is 27.8 Å². The lowest BCUT2D eigenvalue weighted by molar-refractivity contribution is -0.137. The zero-order valence-electron chi connectivity index (χ0n) is 13.4. The standard InChI is InChI=1S/C16H16FN3O5/c1-25-9-8-19(10-15(22)23)16(24)13-6-7-14(21)20(18-13)12-4-2-11(17)3-5-12/h2-7H,8-10H2,1H3,(H,22,23). The predicted molar refractivity (Wildman–Crippen MR) is 85.2 cm³/mol. The molecule has 0 saturated carbocycles. The molecule has 8 nitrogen and oxygen atoms in total. The van der Waals surface area contributed by atoms with Crippen molar-refractivity contribution >= 4 is 11.9 Å². The molecule has 0 radical (unpaired) electrons. The summed E-state index contributed by atoms with van der Waals surface area (Å²) in [5, 5.41) is 12.9. The van der Waals surface area contributed by atoms with Crippen molar-refractivity contribution in [1.82, 2.24) is 14.7 Å². The van der Waals surface area contributed by atoms with Gasteiger partial charge in [0.15, 0.2) is 0 Å². The second-order valence-electron chi connectivity index (χ2n) is 5.06. The van der Waals surface area contributed by atoms with Crippen molar-refractivity contribution in [2.45, 2.75) is 0 Å². The minimum absolute atomic E-state index is 0.0546. The first-order valence-electron chi connectivity index (χ1n) is 7.28. The summed E-state index contributed by atoms with van der Waals surface area (Å²) >= 11 is 0. The van der Waals surface area contributed by atoms with Gasteiger partial charge in [-0.2, -0.15) is 9.78 Å². The Morgan fingerprint density at radius 2 is 1.92 bits per heavy atom. The number of aliphatic carboxylic acids is 1. The van der Waals surface area contributed by atoms with Crippen LogP contribution in [0.1, 0.15) is 10.5 Å². The highest BCUT2D eigenvalue weighted by Gasteiger charge is 2.20. The second kappa shape index (κ2) is 8.15. The average Bonchev–Trinajstić information content (AvgIpc) is 2.59. The van der Waals surface area contributed by atoms with Gasteiger partial charge in [0.2, 0.25) is 0 Å². The van der Waals surface area contributed by atoms with E-state index in [1.807, 2.05) is 0 Å². The number of aromatic nitrogens is 2. The highest BCUT2D eigenvalue weighted by Crippen LogP contribution is 2.07. The first-order chi connectivity index (χ1) is 11.9. The fourth-order valence-electron chi connectivity index (χ4n) is 2.07. The molecule has 0 bridgehead atoms. The van der Waals surface area contributed by atoms with Gasteiger partial charge in [-0.3, -0.25) is 14.4 Å². The highest BCUT2D eigenvalue weighted by molar-refractivity contribution is 5.94. The Hall–Kier alpha value is -3.07. The van der Waals surface area contributed by atoms with Gasteiger partial charge >= 0.3 is 5.97 Å². The molecule has 0 saturated heterocycles. The molecule has 0 aliphatic rings. The number of halogens is 1. The zero-order valence-corrected chi connectivity index (χ0v) is 13.4. The maximum absolute atomic E-state index is 13.0. The van der Waals surface area contributed by atoms with Crippen LogP contribution >= 0.6 is 0 Å². The van der Waals surface area contributed by atoms with Crippen molar-refractivity contribution in [2.75, 3.05) is 26.8 Å². The quantitative estimate of drug-likeness (QED) is 0.783. The van der Waals surface area contributed by atoms with E-state index in [9.17, 15) is 18.8 Å². The number of rotatable bonds is 7. The average molecular weight is 349 g/mol. The number of carboxylic acid groups (broad SMARTS) is 1. The smallest absolute Gasteiger partial charge is 0.323 e. The van der Waals surface area contributed by atoms with E-state index >= 15 is 0 Å². The van der Waals surface area contributed by atoms with Crippen molar-refractivity contribution in [1.29, 1.82) is 0 Å². The second-order valence-corrected chi connectivity index (χ2v) is 5.06. The molecule has 2 aromatic rings. The number of amides is 1. The summed E-state index contributed by atoms with van der Waals surface area (Å²) in [7, 11) is 1.43. The number of carbonyl (C=O) groups is 2. The molecule has 0 fully saturated rings. The number of hydrogen-bond donors (Lipinski definition) is 1. The van der Waals surface area contributed by atoms with Gasteiger partial charge in [-0.05, 0) is 30.3 Å². The minimum atomic E-state index is -1.18. The molecule has 0 spiro atoms. The molecule has 1 aromatic carbocycles. The van der Waals surface area contributed by atoms with Crippen LogP contribution in [0.25, 0.3) is 5.69 Å². The third-order valence-corrected chi connectivity index (χ3v) is 3.27. The normalized spacial score (nSPS) is 10.5. The summed E-state index contributed by atoms with van der Waals surface area (Å²) < 4.78 is 18.8. The third-order valence-electron chi connectivity index (χ3n) is 3.27. The molecule has 1 amide bonds. The highest BCUT2D eigenvalue weighted by atomic mass is 19.1. The summed E-state index contributed by atoms with van der Waals surface area (Å²) in [4.78, 5) is 36.5. The van der Waals surface area contributed by atoms with Crippen LogP contribution in [0.15, 0.2) is 41.2 Å². The van der Waals surface area contributed by atoms with Crippen molar-refractivity contribution in [3.63, 3.8) is 0 Å². The van der Waals surface area contributed by atoms with Crippen LogP contribution in [0.3, 0.4) is 0 Å². The summed E-state index contributed by atoms with van der Waals surface area (Å²) in [5.74, 6) is -2.32. The summed E-state index contributed by atoms with van der Waals surface area (Å²) in [6, 6.07) is 7.36. The van der Waals surface area contributed by atoms with Gasteiger partial charge in [-0.15, -0.1) is 0 Å².